The van der Waals surface area contributed by atoms with E-state index in [1.807, 2.05) is 5.20 Å². The molecule has 0 bridgehead atoms. The third kappa shape index (κ3) is 4.48. The normalized spacial score (nSPS) is 21.1. The molecule has 0 N–H and O–H groups in total. The van der Waals surface area contributed by atoms with Crippen molar-refractivity contribution in [3.05, 3.63) is 128 Å². The Bertz CT molecular complexity index is 1730. The van der Waals surface area contributed by atoms with Crippen molar-refractivity contribution in [3.63, 3.8) is 0 Å². The van der Waals surface area contributed by atoms with E-state index in [0.29, 0.717) is 5.92 Å². The minimum absolute atomic E-state index is 0.562. The van der Waals surface area contributed by atoms with Crippen LogP contribution in [0.25, 0.3) is 34.4 Å². The van der Waals surface area contributed by atoms with Gasteiger partial charge in [0.25, 0.3) is 0 Å². The Morgan fingerprint density at radius 2 is 1.10 bits per heavy atom. The Kier molecular flexibility index (Phi) is 6.87. The summed E-state index contributed by atoms with van der Waals surface area (Å²) in [5.41, 5.74) is 17.7. The molecular formula is C39H42HfSi. The van der Waals surface area contributed by atoms with Crippen molar-refractivity contribution in [1.82, 2.24) is 0 Å². The molecule has 2 atom stereocenters. The van der Waals surface area contributed by atoms with E-state index >= 15 is 0 Å². The van der Waals surface area contributed by atoms with Gasteiger partial charge in [-0.25, -0.2) is 0 Å². The number of hydrogen-bond acceptors (Lipinski definition) is 0. The Morgan fingerprint density at radius 1 is 0.610 bits per heavy atom. The van der Waals surface area contributed by atoms with E-state index < -0.39 is 29.5 Å². The zero-order valence-corrected chi connectivity index (χ0v) is 30.6. The minimum atomic E-state index is -2.58. The number of hydrogen-bond donors (Lipinski definition) is 0. The van der Waals surface area contributed by atoms with Gasteiger partial charge in [-0.15, -0.1) is 0 Å². The average molecular weight is 717 g/mol. The van der Waals surface area contributed by atoms with E-state index in [-0.39, 0.29) is 0 Å². The molecule has 2 aliphatic carbocycles. The maximum atomic E-state index is 2.77. The fourth-order valence-corrected chi connectivity index (χ4v) is 29.3. The molecule has 0 aromatic heterocycles. The van der Waals surface area contributed by atoms with E-state index in [0.717, 1.165) is 3.67 Å². The van der Waals surface area contributed by atoms with Crippen molar-refractivity contribution >= 4 is 21.7 Å². The fourth-order valence-electron chi connectivity index (χ4n) is 8.65. The van der Waals surface area contributed by atoms with Gasteiger partial charge < -0.3 is 0 Å². The molecule has 0 amide bonds. The SMILES string of the molecule is Cc1cccc(C)c1-c1cccc2c1C=C1[SiH2]C3=Cc4c(-c5c(C)cccc5C)cccc4[CH]3[Hf]([CH3])([CH3])[CH2]CCC12. The van der Waals surface area contributed by atoms with Gasteiger partial charge in [-0.05, 0) is 0 Å². The van der Waals surface area contributed by atoms with Gasteiger partial charge in [-0.1, -0.05) is 0 Å². The molecule has 0 spiro atoms. The van der Waals surface area contributed by atoms with Gasteiger partial charge in [0.1, 0.15) is 0 Å². The van der Waals surface area contributed by atoms with E-state index in [9.17, 15) is 0 Å². The molecule has 3 aliphatic rings. The molecule has 2 unspecified atom stereocenters. The van der Waals surface area contributed by atoms with Crippen molar-refractivity contribution in [3.8, 4) is 22.3 Å². The second-order valence-corrected chi connectivity index (χ2v) is 33.8. The van der Waals surface area contributed by atoms with Crippen LogP contribution in [0.15, 0.2) is 83.2 Å². The van der Waals surface area contributed by atoms with Crippen LogP contribution in [0.4, 0.5) is 0 Å². The first kappa shape index (κ1) is 27.3. The summed E-state index contributed by atoms with van der Waals surface area (Å²) in [6, 6.07) is 28.0. The van der Waals surface area contributed by atoms with Crippen LogP contribution in [-0.4, -0.2) is 9.52 Å². The summed E-state index contributed by atoms with van der Waals surface area (Å²) in [4.78, 5) is 0. The van der Waals surface area contributed by atoms with Crippen LogP contribution >= 0.6 is 0 Å². The molecule has 7 rings (SSSR count). The van der Waals surface area contributed by atoms with Crippen LogP contribution in [0.3, 0.4) is 0 Å². The van der Waals surface area contributed by atoms with E-state index in [2.05, 4.69) is 122 Å². The summed E-state index contributed by atoms with van der Waals surface area (Å²) in [5, 5.41) is 3.65. The van der Waals surface area contributed by atoms with E-state index in [1.54, 1.807) is 21.9 Å². The van der Waals surface area contributed by atoms with E-state index in [4.69, 9.17) is 0 Å². The number of rotatable bonds is 2. The van der Waals surface area contributed by atoms with Gasteiger partial charge in [0.15, 0.2) is 0 Å². The summed E-state index contributed by atoms with van der Waals surface area (Å²) in [6.45, 7) is 9.13. The van der Waals surface area contributed by atoms with Crippen molar-refractivity contribution in [2.24, 2.45) is 0 Å². The van der Waals surface area contributed by atoms with Crippen LogP contribution in [0.2, 0.25) is 13.5 Å². The molecule has 1 aliphatic heterocycles. The molecule has 1 saturated heterocycles. The van der Waals surface area contributed by atoms with Gasteiger partial charge in [0.05, 0.1) is 0 Å². The van der Waals surface area contributed by atoms with Crippen LogP contribution in [0, 0.1) is 27.7 Å². The summed E-state index contributed by atoms with van der Waals surface area (Å²) in [6.07, 6.45) is 8.11. The standard InChI is InChI=1S/C37H36Si.2CH3.Hf/c1-6-11-30-29-17-10-19-32(37-25(4)14-8-15-26(37)5)34(29)22-35(30)38-28-20-27-16-9-18-31(33(27)21-28)36-23(2)12-7-13-24(36)3;;;/h7-10,12-22,30H,1,6,11,38H2,2-5H3;2*1H3;. The Balaban J connectivity index is 1.37. The Hall–Kier alpha value is -2.55. The summed E-state index contributed by atoms with van der Waals surface area (Å²) in [5.74, 6) is 0.617. The topological polar surface area (TPSA) is 0 Å². The average Bonchev–Trinajstić information content (AvgIpc) is 3.48. The maximum absolute atomic E-state index is 2.77. The number of aryl methyl sites for hydroxylation is 4. The van der Waals surface area contributed by atoms with Gasteiger partial charge in [0, 0.05) is 0 Å². The van der Waals surface area contributed by atoms with Crippen molar-refractivity contribution < 1.29 is 20.0 Å². The van der Waals surface area contributed by atoms with Crippen molar-refractivity contribution in [2.75, 3.05) is 0 Å². The van der Waals surface area contributed by atoms with Crippen molar-refractivity contribution in [1.29, 1.82) is 0 Å². The molecule has 0 saturated carbocycles. The molecule has 0 nitrogen and oxygen atoms in total. The van der Waals surface area contributed by atoms with Crippen LogP contribution < -0.4 is 0 Å². The number of benzene rings is 4. The van der Waals surface area contributed by atoms with Gasteiger partial charge in [0.2, 0.25) is 0 Å². The van der Waals surface area contributed by atoms with Crippen molar-refractivity contribution in [2.45, 2.75) is 63.7 Å². The molecule has 4 aromatic rings. The Morgan fingerprint density at radius 3 is 1.68 bits per heavy atom. The molecule has 2 heteroatoms. The molecular weight excluding hydrogens is 675 g/mol. The van der Waals surface area contributed by atoms with E-state index in [1.165, 1.54) is 67.1 Å². The second-order valence-electron chi connectivity index (χ2n) is 13.6. The van der Waals surface area contributed by atoms with Crippen LogP contribution in [0.5, 0.6) is 0 Å². The summed E-state index contributed by atoms with van der Waals surface area (Å²) in [7, 11) is -0.562. The first-order valence-electron chi connectivity index (χ1n) is 15.5. The fraction of sp³-hybridized carbons (Fsp3) is 0.282. The molecule has 4 aromatic carbocycles. The monoisotopic (exact) mass is 718 g/mol. The molecule has 206 valence electrons. The predicted molar refractivity (Wildman–Crippen MR) is 178 cm³/mol. The zero-order valence-electron chi connectivity index (χ0n) is 25.6. The predicted octanol–water partition coefficient (Wildman–Crippen LogP) is 10.4. The first-order chi connectivity index (χ1) is 19.7. The van der Waals surface area contributed by atoms with Gasteiger partial charge in [-0.3, -0.25) is 0 Å². The van der Waals surface area contributed by atoms with Crippen LogP contribution in [0.1, 0.15) is 66.9 Å². The van der Waals surface area contributed by atoms with Gasteiger partial charge in [-0.2, -0.15) is 0 Å². The van der Waals surface area contributed by atoms with Gasteiger partial charge >= 0.3 is 255 Å². The number of allylic oxidation sites excluding steroid dienone is 2. The second kappa shape index (κ2) is 10.3. The third-order valence-corrected chi connectivity index (χ3v) is 28.0. The Labute approximate surface area is 253 Å². The summed E-state index contributed by atoms with van der Waals surface area (Å²) >= 11 is -2.58. The molecule has 1 fully saturated rings. The molecule has 1 heterocycles. The zero-order chi connectivity index (χ0) is 28.5. The summed E-state index contributed by atoms with van der Waals surface area (Å²) < 4.78 is 7.77. The number of fused-ring (bicyclic) bond motifs is 6. The quantitative estimate of drug-likeness (QED) is 0.181. The van der Waals surface area contributed by atoms with Crippen LogP contribution in [-0.2, 0) is 20.0 Å². The third-order valence-electron chi connectivity index (χ3n) is 10.4. The first-order valence-corrected chi connectivity index (χ1v) is 28.8. The molecule has 0 radical (unpaired) electrons. The molecule has 41 heavy (non-hydrogen) atoms.